The number of hydrogen-bond acceptors (Lipinski definition) is 2. The van der Waals surface area contributed by atoms with Gasteiger partial charge in [0.25, 0.3) is 0 Å². The van der Waals surface area contributed by atoms with Gasteiger partial charge >= 0.3 is 0 Å². The Morgan fingerprint density at radius 3 is 2.79 bits per heavy atom. The van der Waals surface area contributed by atoms with Crippen LogP contribution in [0.3, 0.4) is 0 Å². The number of nitrogens with zero attached hydrogens (tertiary/aromatic N) is 1. The predicted octanol–water partition coefficient (Wildman–Crippen LogP) is 4.32. The molecule has 2 nitrogen and oxygen atoms in total. The minimum absolute atomic E-state index is 0.501. The number of rotatable bonds is 3. The van der Waals surface area contributed by atoms with Gasteiger partial charge in [-0.1, -0.05) is 48.3 Å². The highest BCUT2D eigenvalue weighted by Crippen LogP contribution is 2.33. The first kappa shape index (κ1) is 15.1. The first-order valence-corrected chi connectivity index (χ1v) is 8.15. The molecule has 0 amide bonds. The Kier molecular flexibility index (Phi) is 5.15. The van der Waals surface area contributed by atoms with E-state index in [0.29, 0.717) is 18.0 Å². The molecule has 0 radical (unpaired) electrons. The van der Waals surface area contributed by atoms with E-state index in [0.717, 1.165) is 34.7 Å². The lowest BCUT2D eigenvalue weighted by Gasteiger charge is -2.44. The Morgan fingerprint density at radius 1 is 1.47 bits per heavy atom. The van der Waals surface area contributed by atoms with Crippen molar-refractivity contribution >= 4 is 33.2 Å². The molecule has 1 fully saturated rings. The van der Waals surface area contributed by atoms with E-state index in [-0.39, 0.29) is 0 Å². The van der Waals surface area contributed by atoms with Crippen LogP contribution in [0.25, 0.3) is 0 Å². The normalized spacial score (nSPS) is 24.0. The fourth-order valence-electron chi connectivity index (χ4n) is 2.70. The summed E-state index contributed by atoms with van der Waals surface area (Å²) < 4.78 is 1.03. The minimum atomic E-state index is 0.501. The average Bonchev–Trinajstić information content (AvgIpc) is 2.38. The number of nitrogens with one attached hydrogen (secondary N) is 1. The molecular formula is C15H22BrClN2. The van der Waals surface area contributed by atoms with E-state index in [1.165, 1.54) is 0 Å². The van der Waals surface area contributed by atoms with Crippen molar-refractivity contribution in [3.8, 4) is 0 Å². The van der Waals surface area contributed by atoms with E-state index in [9.17, 15) is 0 Å². The van der Waals surface area contributed by atoms with Crippen molar-refractivity contribution < 1.29 is 0 Å². The second kappa shape index (κ2) is 6.47. The van der Waals surface area contributed by atoms with Gasteiger partial charge in [-0.2, -0.15) is 0 Å². The summed E-state index contributed by atoms with van der Waals surface area (Å²) in [6.45, 7) is 8.84. The lowest BCUT2D eigenvalue weighted by Crippen LogP contribution is -2.58. The third-order valence-electron chi connectivity index (χ3n) is 3.91. The highest BCUT2D eigenvalue weighted by atomic mass is 79.9. The van der Waals surface area contributed by atoms with Crippen molar-refractivity contribution in [3.05, 3.63) is 27.7 Å². The van der Waals surface area contributed by atoms with Crippen LogP contribution >= 0.6 is 27.5 Å². The second-order valence-corrected chi connectivity index (χ2v) is 6.90. The molecule has 4 heteroatoms. The van der Waals surface area contributed by atoms with Crippen LogP contribution in [0.2, 0.25) is 5.02 Å². The lowest BCUT2D eigenvalue weighted by atomic mass is 9.97. The Bertz CT molecular complexity index is 436. The lowest BCUT2D eigenvalue weighted by molar-refractivity contribution is 0.333. The molecule has 106 valence electrons. The standard InChI is InChI=1S/C15H22BrClN2/c1-4-12-9-19(15(8-18-12)10(2)3)14-6-5-11(16)7-13(14)17/h5-7,10,12,15,18H,4,8-9H2,1-3H3. The molecule has 1 aromatic carbocycles. The van der Waals surface area contributed by atoms with Crippen molar-refractivity contribution in [1.82, 2.24) is 5.32 Å². The molecule has 1 aromatic rings. The molecule has 0 saturated carbocycles. The number of halogens is 2. The summed E-state index contributed by atoms with van der Waals surface area (Å²) in [5.41, 5.74) is 1.16. The van der Waals surface area contributed by atoms with Gasteiger partial charge in [-0.25, -0.2) is 0 Å². The highest BCUT2D eigenvalue weighted by molar-refractivity contribution is 9.10. The third-order valence-corrected chi connectivity index (χ3v) is 4.71. The summed E-state index contributed by atoms with van der Waals surface area (Å²) in [6.07, 6.45) is 1.15. The van der Waals surface area contributed by atoms with Crippen molar-refractivity contribution in [1.29, 1.82) is 0 Å². The molecule has 1 aliphatic heterocycles. The van der Waals surface area contributed by atoms with Gasteiger partial charge in [0, 0.05) is 29.6 Å². The number of anilines is 1. The molecule has 0 spiro atoms. The number of piperazine rings is 1. The average molecular weight is 346 g/mol. The zero-order valence-electron chi connectivity index (χ0n) is 11.8. The van der Waals surface area contributed by atoms with Gasteiger partial charge in [-0.3, -0.25) is 0 Å². The highest BCUT2D eigenvalue weighted by Gasteiger charge is 2.30. The SMILES string of the molecule is CCC1CN(c2ccc(Br)cc2Cl)C(C(C)C)CN1. The maximum atomic E-state index is 6.43. The summed E-state index contributed by atoms with van der Waals surface area (Å²) in [5.74, 6) is 0.602. The quantitative estimate of drug-likeness (QED) is 0.878. The van der Waals surface area contributed by atoms with Crippen LogP contribution in [0.5, 0.6) is 0 Å². The number of benzene rings is 1. The van der Waals surface area contributed by atoms with Gasteiger partial charge in [0.2, 0.25) is 0 Å². The largest absolute Gasteiger partial charge is 0.364 e. The van der Waals surface area contributed by atoms with E-state index >= 15 is 0 Å². The second-order valence-electron chi connectivity index (χ2n) is 5.57. The molecule has 1 aliphatic rings. The van der Waals surface area contributed by atoms with Crippen LogP contribution in [0.15, 0.2) is 22.7 Å². The molecule has 2 rings (SSSR count). The van der Waals surface area contributed by atoms with Crippen LogP contribution in [-0.2, 0) is 0 Å². The van der Waals surface area contributed by atoms with Crippen molar-refractivity contribution in [2.45, 2.75) is 39.3 Å². The molecule has 0 aliphatic carbocycles. The van der Waals surface area contributed by atoms with Gasteiger partial charge in [0.05, 0.1) is 10.7 Å². The first-order valence-electron chi connectivity index (χ1n) is 6.98. The summed E-state index contributed by atoms with van der Waals surface area (Å²) in [5, 5.41) is 4.47. The molecular weight excluding hydrogens is 324 g/mol. The van der Waals surface area contributed by atoms with Crippen molar-refractivity contribution in [2.24, 2.45) is 5.92 Å². The van der Waals surface area contributed by atoms with E-state index < -0.39 is 0 Å². The molecule has 19 heavy (non-hydrogen) atoms. The van der Waals surface area contributed by atoms with Crippen molar-refractivity contribution in [2.75, 3.05) is 18.0 Å². The summed E-state index contributed by atoms with van der Waals surface area (Å²) in [4.78, 5) is 2.48. The van der Waals surface area contributed by atoms with Crippen molar-refractivity contribution in [3.63, 3.8) is 0 Å². The van der Waals surface area contributed by atoms with Gasteiger partial charge in [0.15, 0.2) is 0 Å². The van der Waals surface area contributed by atoms with Gasteiger partial charge < -0.3 is 10.2 Å². The zero-order chi connectivity index (χ0) is 14.0. The summed E-state index contributed by atoms with van der Waals surface area (Å²) in [6, 6.07) is 7.23. The molecule has 0 aromatic heterocycles. The first-order chi connectivity index (χ1) is 9.02. The maximum Gasteiger partial charge on any atom is 0.0650 e. The Balaban J connectivity index is 2.30. The minimum Gasteiger partial charge on any atom is -0.364 e. The van der Waals surface area contributed by atoms with E-state index in [1.807, 2.05) is 6.07 Å². The van der Waals surface area contributed by atoms with Crippen LogP contribution < -0.4 is 10.2 Å². The van der Waals surface area contributed by atoms with E-state index in [1.54, 1.807) is 0 Å². The smallest absolute Gasteiger partial charge is 0.0650 e. The molecule has 2 atom stereocenters. The van der Waals surface area contributed by atoms with Gasteiger partial charge in [-0.05, 0) is 30.5 Å². The van der Waals surface area contributed by atoms with E-state index in [2.05, 4.69) is 59.1 Å². The summed E-state index contributed by atoms with van der Waals surface area (Å²) in [7, 11) is 0. The van der Waals surface area contributed by atoms with Gasteiger partial charge in [0.1, 0.15) is 0 Å². The van der Waals surface area contributed by atoms with Crippen LogP contribution in [0, 0.1) is 5.92 Å². The molecule has 1 heterocycles. The summed E-state index contributed by atoms with van der Waals surface area (Å²) >= 11 is 9.91. The van der Waals surface area contributed by atoms with E-state index in [4.69, 9.17) is 11.6 Å². The fourth-order valence-corrected chi connectivity index (χ4v) is 3.48. The van der Waals surface area contributed by atoms with Crippen LogP contribution in [0.1, 0.15) is 27.2 Å². The Hall–Kier alpha value is -0.250. The molecule has 1 N–H and O–H groups in total. The van der Waals surface area contributed by atoms with Crippen LogP contribution in [0.4, 0.5) is 5.69 Å². The monoisotopic (exact) mass is 344 g/mol. The van der Waals surface area contributed by atoms with Crippen LogP contribution in [-0.4, -0.2) is 25.2 Å². The maximum absolute atomic E-state index is 6.43. The molecule has 1 saturated heterocycles. The fraction of sp³-hybridized carbons (Fsp3) is 0.600. The molecule has 0 bridgehead atoms. The third kappa shape index (κ3) is 3.45. The Labute approximate surface area is 129 Å². The predicted molar refractivity (Wildman–Crippen MR) is 87.2 cm³/mol. The Morgan fingerprint density at radius 2 is 2.21 bits per heavy atom. The van der Waals surface area contributed by atoms with Gasteiger partial charge in [-0.15, -0.1) is 0 Å². The zero-order valence-corrected chi connectivity index (χ0v) is 14.1. The number of hydrogen-bond donors (Lipinski definition) is 1. The topological polar surface area (TPSA) is 15.3 Å². The molecule has 2 unspecified atom stereocenters.